The lowest BCUT2D eigenvalue weighted by Crippen LogP contribution is -2.31. The van der Waals surface area contributed by atoms with Gasteiger partial charge in [0, 0.05) is 10.6 Å². The molecule has 102 valence electrons. The number of hydrogen-bond acceptors (Lipinski definition) is 4. The van der Waals surface area contributed by atoms with Crippen molar-refractivity contribution >= 4 is 17.6 Å². The lowest BCUT2D eigenvalue weighted by molar-refractivity contribution is -0.145. The molecule has 19 heavy (non-hydrogen) atoms. The number of benzene rings is 1. The molecule has 0 aliphatic rings. The molecule has 4 nitrogen and oxygen atoms in total. The average Bonchev–Trinajstić information content (AvgIpc) is 2.40. The molecule has 0 aliphatic heterocycles. The lowest BCUT2D eigenvalue weighted by Gasteiger charge is -2.20. The van der Waals surface area contributed by atoms with Gasteiger partial charge >= 0.3 is 5.97 Å². The van der Waals surface area contributed by atoms with E-state index in [1.807, 2.05) is 0 Å². The van der Waals surface area contributed by atoms with Gasteiger partial charge in [-0.15, -0.1) is 6.42 Å². The van der Waals surface area contributed by atoms with Gasteiger partial charge in [0.2, 0.25) is 0 Å². The molecule has 1 aromatic carbocycles. The van der Waals surface area contributed by atoms with Crippen molar-refractivity contribution in [2.45, 2.75) is 13.0 Å². The highest BCUT2D eigenvalue weighted by atomic mass is 35.5. The highest BCUT2D eigenvalue weighted by Gasteiger charge is 2.26. The Bertz CT molecular complexity index is 482. The maximum atomic E-state index is 12.0. The smallest absolute Gasteiger partial charge is 0.328 e. The molecule has 0 aliphatic carbocycles. The van der Waals surface area contributed by atoms with Crippen molar-refractivity contribution in [3.05, 3.63) is 28.8 Å². The Labute approximate surface area is 118 Å². The molecule has 0 saturated carbocycles. The number of terminal acetylenes is 1. The van der Waals surface area contributed by atoms with E-state index < -0.39 is 12.0 Å². The fraction of sp³-hybridized carbons (Fsp3) is 0.357. The van der Waals surface area contributed by atoms with E-state index in [2.05, 4.69) is 11.2 Å². The number of carbonyl (C=O) groups is 1. The minimum atomic E-state index is -0.750. The van der Waals surface area contributed by atoms with Crippen molar-refractivity contribution < 1.29 is 14.3 Å². The molecule has 1 atom stereocenters. The third-order valence-electron chi connectivity index (χ3n) is 2.45. The average molecular weight is 282 g/mol. The van der Waals surface area contributed by atoms with Gasteiger partial charge < -0.3 is 9.47 Å². The first-order valence-electron chi connectivity index (χ1n) is 5.81. The van der Waals surface area contributed by atoms with Gasteiger partial charge in [-0.2, -0.15) is 0 Å². The van der Waals surface area contributed by atoms with Crippen LogP contribution in [-0.2, 0) is 9.53 Å². The van der Waals surface area contributed by atoms with Crippen LogP contribution in [0.1, 0.15) is 18.5 Å². The largest absolute Gasteiger partial charge is 0.496 e. The highest BCUT2D eigenvalue weighted by molar-refractivity contribution is 6.31. The van der Waals surface area contributed by atoms with Crippen molar-refractivity contribution in [2.75, 3.05) is 20.3 Å². The summed E-state index contributed by atoms with van der Waals surface area (Å²) >= 11 is 6.15. The molecule has 1 N–H and O–H groups in total. The van der Waals surface area contributed by atoms with Gasteiger partial charge in [0.05, 0.1) is 20.3 Å². The fourth-order valence-electron chi connectivity index (χ4n) is 1.67. The third-order valence-corrected chi connectivity index (χ3v) is 2.78. The Morgan fingerprint density at radius 1 is 1.58 bits per heavy atom. The minimum Gasteiger partial charge on any atom is -0.496 e. The number of hydrogen-bond donors (Lipinski definition) is 1. The van der Waals surface area contributed by atoms with Crippen LogP contribution in [0.2, 0.25) is 5.02 Å². The number of methoxy groups -OCH3 is 1. The summed E-state index contributed by atoms with van der Waals surface area (Å²) in [7, 11) is 1.51. The second-order valence-electron chi connectivity index (χ2n) is 3.63. The van der Waals surface area contributed by atoms with Crippen LogP contribution in [0.15, 0.2) is 18.2 Å². The summed E-state index contributed by atoms with van der Waals surface area (Å²) in [6.45, 7) is 2.23. The maximum absolute atomic E-state index is 12.0. The number of rotatable bonds is 6. The molecule has 0 aromatic heterocycles. The van der Waals surface area contributed by atoms with Crippen LogP contribution in [0.25, 0.3) is 0 Å². The predicted molar refractivity (Wildman–Crippen MR) is 74.2 cm³/mol. The number of nitrogens with one attached hydrogen (secondary N) is 1. The van der Waals surface area contributed by atoms with Crippen molar-refractivity contribution in [3.63, 3.8) is 0 Å². The molecule has 1 unspecified atom stereocenters. The summed E-state index contributed by atoms with van der Waals surface area (Å²) in [5, 5.41) is 3.33. The Morgan fingerprint density at radius 3 is 2.89 bits per heavy atom. The van der Waals surface area contributed by atoms with Gasteiger partial charge in [0.1, 0.15) is 11.8 Å². The van der Waals surface area contributed by atoms with Gasteiger partial charge in [-0.05, 0) is 19.1 Å². The SMILES string of the molecule is C#CCNC(C(=O)OCC)c1c(Cl)cccc1OC. The molecule has 0 spiro atoms. The molecule has 0 fully saturated rings. The van der Waals surface area contributed by atoms with E-state index in [0.29, 0.717) is 16.3 Å². The first kappa shape index (κ1) is 15.4. The van der Waals surface area contributed by atoms with Crippen LogP contribution < -0.4 is 10.1 Å². The van der Waals surface area contributed by atoms with E-state index in [-0.39, 0.29) is 13.2 Å². The van der Waals surface area contributed by atoms with Crippen molar-refractivity contribution in [1.29, 1.82) is 0 Å². The van der Waals surface area contributed by atoms with Crippen LogP contribution in [0.4, 0.5) is 0 Å². The standard InChI is InChI=1S/C14H16ClNO3/c1-4-9-16-13(14(17)19-5-2)12-10(15)7-6-8-11(12)18-3/h1,6-8,13,16H,5,9H2,2-3H3. The maximum Gasteiger partial charge on any atom is 0.328 e. The predicted octanol–water partition coefficient (Wildman–Crippen LogP) is 2.18. The van der Waals surface area contributed by atoms with E-state index in [1.54, 1.807) is 25.1 Å². The molecule has 1 rings (SSSR count). The lowest BCUT2D eigenvalue weighted by atomic mass is 10.1. The monoisotopic (exact) mass is 281 g/mol. The van der Waals surface area contributed by atoms with Crippen molar-refractivity contribution in [3.8, 4) is 18.1 Å². The highest BCUT2D eigenvalue weighted by Crippen LogP contribution is 2.32. The zero-order chi connectivity index (χ0) is 14.3. The normalized spacial score (nSPS) is 11.5. The fourth-order valence-corrected chi connectivity index (χ4v) is 1.94. The first-order valence-corrected chi connectivity index (χ1v) is 6.19. The zero-order valence-corrected chi connectivity index (χ0v) is 11.7. The van der Waals surface area contributed by atoms with E-state index in [0.717, 1.165) is 0 Å². The van der Waals surface area contributed by atoms with E-state index >= 15 is 0 Å². The molecule has 0 radical (unpaired) electrons. The van der Waals surface area contributed by atoms with Crippen molar-refractivity contribution in [2.24, 2.45) is 0 Å². The summed E-state index contributed by atoms with van der Waals surface area (Å²) in [4.78, 5) is 12.0. The van der Waals surface area contributed by atoms with Gasteiger partial charge in [0.15, 0.2) is 0 Å². The van der Waals surface area contributed by atoms with Crippen LogP contribution in [0, 0.1) is 12.3 Å². The Hall–Kier alpha value is -1.70. The zero-order valence-electron chi connectivity index (χ0n) is 10.9. The Morgan fingerprint density at radius 2 is 2.32 bits per heavy atom. The van der Waals surface area contributed by atoms with Gasteiger partial charge in [-0.1, -0.05) is 23.6 Å². The molecular formula is C14H16ClNO3. The number of halogens is 1. The summed E-state index contributed by atoms with van der Waals surface area (Å²) in [6, 6.07) is 4.40. The number of ether oxygens (including phenoxy) is 2. The summed E-state index contributed by atoms with van der Waals surface area (Å²) in [5.41, 5.74) is 0.528. The van der Waals surface area contributed by atoms with Crippen LogP contribution in [0.3, 0.4) is 0 Å². The molecule has 5 heteroatoms. The number of carbonyl (C=O) groups excluding carboxylic acids is 1. The quantitative estimate of drug-likeness (QED) is 0.641. The molecule has 0 saturated heterocycles. The Kier molecular flexibility index (Phi) is 6.20. The molecule has 1 aromatic rings. The number of esters is 1. The van der Waals surface area contributed by atoms with Gasteiger partial charge in [0.25, 0.3) is 0 Å². The Balaban J connectivity index is 3.16. The van der Waals surface area contributed by atoms with Crippen molar-refractivity contribution in [1.82, 2.24) is 5.32 Å². The van der Waals surface area contributed by atoms with E-state index in [4.69, 9.17) is 27.5 Å². The minimum absolute atomic E-state index is 0.220. The first-order chi connectivity index (χ1) is 9.15. The third kappa shape index (κ3) is 3.88. The van der Waals surface area contributed by atoms with Gasteiger partial charge in [-0.25, -0.2) is 4.79 Å². The van der Waals surface area contributed by atoms with Crippen LogP contribution in [-0.4, -0.2) is 26.2 Å². The van der Waals surface area contributed by atoms with Crippen LogP contribution in [0.5, 0.6) is 5.75 Å². The second-order valence-corrected chi connectivity index (χ2v) is 4.03. The molecular weight excluding hydrogens is 266 g/mol. The van der Waals surface area contributed by atoms with E-state index in [1.165, 1.54) is 7.11 Å². The summed E-state index contributed by atoms with van der Waals surface area (Å²) in [6.07, 6.45) is 5.21. The van der Waals surface area contributed by atoms with Crippen LogP contribution >= 0.6 is 11.6 Å². The topological polar surface area (TPSA) is 47.6 Å². The molecule has 0 heterocycles. The summed E-state index contributed by atoms with van der Waals surface area (Å²) in [5.74, 6) is 2.49. The van der Waals surface area contributed by atoms with Gasteiger partial charge in [-0.3, -0.25) is 5.32 Å². The summed E-state index contributed by atoms with van der Waals surface area (Å²) < 4.78 is 10.3. The second kappa shape index (κ2) is 7.67. The van der Waals surface area contributed by atoms with E-state index in [9.17, 15) is 4.79 Å². The molecule has 0 bridgehead atoms. The molecule has 0 amide bonds.